The summed E-state index contributed by atoms with van der Waals surface area (Å²) in [5.74, 6) is -6.45. The minimum Gasteiger partial charge on any atom is -0.477 e. The monoisotopic (exact) mass is 353 g/mol. The third-order valence-electron chi connectivity index (χ3n) is 2.98. The van der Waals surface area contributed by atoms with Gasteiger partial charge in [-0.25, -0.2) is 13.3 Å². The first-order valence-corrected chi connectivity index (χ1v) is 7.89. The van der Waals surface area contributed by atoms with Gasteiger partial charge in [-0.2, -0.15) is 8.78 Å². The van der Waals surface area contributed by atoms with E-state index in [2.05, 4.69) is 0 Å². The number of hydrogen-bond acceptors (Lipinski definition) is 2. The Kier molecular flexibility index (Phi) is 5.70. The normalized spacial score (nSPS) is 15.6. The summed E-state index contributed by atoms with van der Waals surface area (Å²) in [6.45, 7) is 4.84. The van der Waals surface area contributed by atoms with E-state index < -0.39 is 33.7 Å². The van der Waals surface area contributed by atoms with Crippen molar-refractivity contribution < 1.29 is 22.9 Å². The molecule has 8 heteroatoms. The minimum atomic E-state index is -4.15. The lowest BCUT2D eigenvalue weighted by Gasteiger charge is -2.35. The smallest absolute Gasteiger partial charge is 0.376 e. The third-order valence-corrected chi connectivity index (χ3v) is 5.10. The maximum Gasteiger partial charge on any atom is 0.376 e. The molecule has 124 valence electrons. The number of nitrogens with zero attached hydrogens (tertiary/aromatic N) is 1. The Balaban J connectivity index is 3.46. The third kappa shape index (κ3) is 3.83. The van der Waals surface area contributed by atoms with Gasteiger partial charge in [0, 0.05) is 12.1 Å². The number of carboxylic acids is 1. The fraction of sp³-hybridized carbons (Fsp3) is 0.500. The number of carbonyl (C=O) groups is 1. The molecule has 1 rings (SSSR count). The van der Waals surface area contributed by atoms with Crippen LogP contribution in [0.2, 0.25) is 5.02 Å². The van der Waals surface area contributed by atoms with Gasteiger partial charge >= 0.3 is 11.9 Å². The standard InChI is InChI=1S/C14H18ClF2NO3S/c1-13(2,3)22(21)18(4)11(14(16,17)12(19)20)9-7-5-6-8-10(9)15/h5-8,11H,1-4H3,(H,19,20)/t11-,22?/m1/s1. The molecule has 0 aromatic heterocycles. The van der Waals surface area contributed by atoms with Crippen LogP contribution in [0.25, 0.3) is 0 Å². The van der Waals surface area contributed by atoms with E-state index in [4.69, 9.17) is 16.7 Å². The van der Waals surface area contributed by atoms with Crippen LogP contribution in [0.3, 0.4) is 0 Å². The maximum atomic E-state index is 14.2. The van der Waals surface area contributed by atoms with Crippen molar-refractivity contribution in [3.63, 3.8) is 0 Å². The predicted octanol–water partition coefficient (Wildman–Crippen LogP) is 3.50. The molecule has 0 amide bonds. The quantitative estimate of drug-likeness (QED) is 0.881. The van der Waals surface area contributed by atoms with Crippen LogP contribution in [0, 0.1) is 0 Å². The molecule has 0 aliphatic heterocycles. The van der Waals surface area contributed by atoms with Crippen molar-refractivity contribution >= 4 is 28.6 Å². The molecule has 2 atom stereocenters. The van der Waals surface area contributed by atoms with Crippen molar-refractivity contribution in [3.8, 4) is 0 Å². The number of hydrogen-bond donors (Lipinski definition) is 1. The van der Waals surface area contributed by atoms with Crippen molar-refractivity contribution in [1.82, 2.24) is 4.31 Å². The van der Waals surface area contributed by atoms with Gasteiger partial charge in [-0.3, -0.25) is 0 Å². The Hall–Kier alpha value is -1.05. The Bertz CT molecular complexity index is 590. The van der Waals surface area contributed by atoms with Crippen LogP contribution in [0.1, 0.15) is 32.4 Å². The number of carboxylic acid groups (broad SMARTS) is 1. The first-order chi connectivity index (χ1) is 9.90. The summed E-state index contributed by atoms with van der Waals surface area (Å²) < 4.78 is 40.9. The van der Waals surface area contributed by atoms with E-state index in [0.29, 0.717) is 0 Å². The molecule has 0 aliphatic rings. The second-order valence-corrected chi connectivity index (χ2v) is 8.47. The van der Waals surface area contributed by atoms with Gasteiger partial charge in [-0.15, -0.1) is 0 Å². The summed E-state index contributed by atoms with van der Waals surface area (Å²) in [7, 11) is -0.652. The first-order valence-electron chi connectivity index (χ1n) is 6.41. The SMILES string of the molecule is CN([C@H](c1ccccc1Cl)C(F)(F)C(=O)O)S(=O)C(C)(C)C. The van der Waals surface area contributed by atoms with Crippen LogP contribution in [-0.4, -0.2) is 37.3 Å². The summed E-state index contributed by atoms with van der Waals surface area (Å²) in [6, 6.07) is 3.76. The lowest BCUT2D eigenvalue weighted by molar-refractivity contribution is -0.172. The zero-order valence-electron chi connectivity index (χ0n) is 12.6. The molecule has 0 saturated heterocycles. The molecule has 0 heterocycles. The molecule has 0 fully saturated rings. The molecule has 1 aromatic carbocycles. The molecule has 0 spiro atoms. The van der Waals surface area contributed by atoms with Crippen molar-refractivity contribution in [2.75, 3.05) is 7.05 Å². The summed E-state index contributed by atoms with van der Waals surface area (Å²) in [4.78, 5) is 11.0. The fourth-order valence-electron chi connectivity index (χ4n) is 1.96. The van der Waals surface area contributed by atoms with Gasteiger partial charge in [0.2, 0.25) is 0 Å². The second-order valence-electron chi connectivity index (χ2n) is 5.76. The molecule has 4 nitrogen and oxygen atoms in total. The zero-order valence-corrected chi connectivity index (χ0v) is 14.2. The van der Waals surface area contributed by atoms with E-state index in [1.165, 1.54) is 25.2 Å². The van der Waals surface area contributed by atoms with Crippen LogP contribution in [0.5, 0.6) is 0 Å². The number of alkyl halides is 2. The fourth-order valence-corrected chi connectivity index (χ4v) is 3.50. The molecule has 1 aromatic rings. The molecular weight excluding hydrogens is 336 g/mol. The van der Waals surface area contributed by atoms with Gasteiger partial charge in [-0.1, -0.05) is 29.8 Å². The van der Waals surface area contributed by atoms with E-state index in [0.717, 1.165) is 4.31 Å². The highest BCUT2D eigenvalue weighted by Gasteiger charge is 2.53. The van der Waals surface area contributed by atoms with E-state index >= 15 is 0 Å². The molecule has 22 heavy (non-hydrogen) atoms. The number of benzene rings is 1. The Morgan fingerprint density at radius 1 is 1.32 bits per heavy atom. The van der Waals surface area contributed by atoms with Gasteiger partial charge < -0.3 is 5.11 Å². The summed E-state index contributed by atoms with van der Waals surface area (Å²) >= 11 is 5.94. The highest BCUT2D eigenvalue weighted by atomic mass is 35.5. The predicted molar refractivity (Wildman–Crippen MR) is 82.4 cm³/mol. The lowest BCUT2D eigenvalue weighted by atomic mass is 10.0. The van der Waals surface area contributed by atoms with E-state index in [1.54, 1.807) is 26.8 Å². The summed E-state index contributed by atoms with van der Waals surface area (Å²) in [5, 5.41) is 8.87. The van der Waals surface area contributed by atoms with Crippen molar-refractivity contribution in [2.45, 2.75) is 37.5 Å². The van der Waals surface area contributed by atoms with E-state index in [-0.39, 0.29) is 10.6 Å². The van der Waals surface area contributed by atoms with Crippen molar-refractivity contribution in [3.05, 3.63) is 34.9 Å². The lowest BCUT2D eigenvalue weighted by Crippen LogP contribution is -2.48. The number of halogens is 3. The Morgan fingerprint density at radius 3 is 2.23 bits per heavy atom. The maximum absolute atomic E-state index is 14.2. The van der Waals surface area contributed by atoms with Crippen LogP contribution >= 0.6 is 11.6 Å². The average molecular weight is 354 g/mol. The van der Waals surface area contributed by atoms with Gasteiger partial charge in [0.15, 0.2) is 0 Å². The molecule has 0 aliphatic carbocycles. The highest BCUT2D eigenvalue weighted by molar-refractivity contribution is 7.84. The largest absolute Gasteiger partial charge is 0.477 e. The van der Waals surface area contributed by atoms with Crippen molar-refractivity contribution in [1.29, 1.82) is 0 Å². The van der Waals surface area contributed by atoms with Gasteiger partial charge in [-0.05, 0) is 32.4 Å². The van der Waals surface area contributed by atoms with Crippen LogP contribution in [-0.2, 0) is 15.8 Å². The molecule has 0 saturated carbocycles. The first kappa shape index (κ1) is 19.0. The zero-order chi connectivity index (χ0) is 17.3. The molecular formula is C14H18ClF2NO3S. The minimum absolute atomic E-state index is 0.00816. The van der Waals surface area contributed by atoms with Gasteiger partial charge in [0.25, 0.3) is 0 Å². The van der Waals surface area contributed by atoms with Crippen LogP contribution in [0.15, 0.2) is 24.3 Å². The summed E-state index contributed by atoms with van der Waals surface area (Å²) in [6.07, 6.45) is 0. The Labute approximate surface area is 135 Å². The molecule has 1 unspecified atom stereocenters. The second kappa shape index (κ2) is 6.60. The molecule has 0 bridgehead atoms. The van der Waals surface area contributed by atoms with E-state index in [1.807, 2.05) is 0 Å². The van der Waals surface area contributed by atoms with Crippen molar-refractivity contribution in [2.24, 2.45) is 0 Å². The van der Waals surface area contributed by atoms with Crippen LogP contribution < -0.4 is 0 Å². The van der Waals surface area contributed by atoms with E-state index in [9.17, 15) is 17.8 Å². The molecule has 1 N–H and O–H groups in total. The Morgan fingerprint density at radius 2 is 1.82 bits per heavy atom. The van der Waals surface area contributed by atoms with Crippen LogP contribution in [0.4, 0.5) is 8.78 Å². The number of rotatable bonds is 5. The highest BCUT2D eigenvalue weighted by Crippen LogP contribution is 2.41. The summed E-state index contributed by atoms with van der Waals surface area (Å²) in [5.41, 5.74) is -0.0864. The van der Waals surface area contributed by atoms with Gasteiger partial charge in [0.05, 0.1) is 4.75 Å². The average Bonchev–Trinajstić information content (AvgIpc) is 2.38. The van der Waals surface area contributed by atoms with Gasteiger partial charge in [0.1, 0.15) is 17.0 Å². The topological polar surface area (TPSA) is 57.6 Å². The number of aliphatic carboxylic acids is 1. The molecule has 0 radical (unpaired) electrons.